The van der Waals surface area contributed by atoms with Crippen molar-refractivity contribution in [3.63, 3.8) is 0 Å². The van der Waals surface area contributed by atoms with Crippen LogP contribution in [0.3, 0.4) is 0 Å². The number of aliphatic hydroxyl groups excluding tert-OH is 1. The Bertz CT molecular complexity index is 1170. The molecule has 6 nitrogen and oxygen atoms in total. The first-order valence-electron chi connectivity index (χ1n) is 10.9. The number of allylic oxidation sites excluding steroid dienone is 1. The maximum atomic E-state index is 13.4. The molecule has 2 aromatic rings. The largest absolute Gasteiger partial charge is 0.463 e. The molecule has 1 aliphatic rings. The molecule has 3 rings (SSSR count). The fourth-order valence-corrected chi connectivity index (χ4v) is 4.61. The van der Waals surface area contributed by atoms with Crippen LogP contribution in [0.25, 0.3) is 0 Å². The number of halogens is 3. The van der Waals surface area contributed by atoms with E-state index in [2.05, 4.69) is 0 Å². The number of thioether (sulfide) groups is 1. The Morgan fingerprint density at radius 2 is 1.97 bits per heavy atom. The number of alkyl halides is 3. The number of hydrogen-bond donors (Lipinski definition) is 1. The van der Waals surface area contributed by atoms with Crippen molar-refractivity contribution < 1.29 is 27.8 Å². The highest BCUT2D eigenvalue weighted by Gasteiger charge is 2.36. The normalized spacial score (nSPS) is 16.1. The van der Waals surface area contributed by atoms with Crippen molar-refractivity contribution in [1.82, 2.24) is 0 Å². The van der Waals surface area contributed by atoms with Gasteiger partial charge in [0.25, 0.3) is 0 Å². The lowest BCUT2D eigenvalue weighted by Crippen LogP contribution is -2.35. The summed E-state index contributed by atoms with van der Waals surface area (Å²) in [5.74, 6) is -0.160. The molecule has 1 heterocycles. The van der Waals surface area contributed by atoms with E-state index in [0.29, 0.717) is 34.2 Å². The Hall–Kier alpha value is -3.29. The number of anilines is 1. The summed E-state index contributed by atoms with van der Waals surface area (Å²) in [4.78, 5) is 19.3. The summed E-state index contributed by atoms with van der Waals surface area (Å²) in [5, 5.41) is 18.7. The number of ether oxygens (including phenoxy) is 1. The molecule has 0 bridgehead atoms. The van der Waals surface area contributed by atoms with Crippen molar-refractivity contribution >= 4 is 28.6 Å². The van der Waals surface area contributed by atoms with Crippen LogP contribution < -0.4 is 4.90 Å². The van der Waals surface area contributed by atoms with Gasteiger partial charge in [-0.2, -0.15) is 18.4 Å². The molecule has 0 aromatic heterocycles. The van der Waals surface area contributed by atoms with Crippen LogP contribution in [0, 0.1) is 11.3 Å². The smallest absolute Gasteiger partial charge is 0.416 e. The van der Waals surface area contributed by atoms with E-state index in [1.54, 1.807) is 38.1 Å². The Morgan fingerprint density at radius 1 is 1.26 bits per heavy atom. The van der Waals surface area contributed by atoms with Crippen molar-refractivity contribution in [2.45, 2.75) is 32.5 Å². The molecule has 0 fully saturated rings. The molecule has 10 heteroatoms. The highest BCUT2D eigenvalue weighted by molar-refractivity contribution is 8.14. The second-order valence-corrected chi connectivity index (χ2v) is 8.64. The quantitative estimate of drug-likeness (QED) is 0.400. The number of aliphatic hydroxyl groups is 1. The van der Waals surface area contributed by atoms with Gasteiger partial charge in [-0.05, 0) is 56.2 Å². The minimum absolute atomic E-state index is 0.0498. The highest BCUT2D eigenvalue weighted by atomic mass is 32.2. The lowest BCUT2D eigenvalue weighted by Gasteiger charge is -2.35. The number of amidine groups is 1. The molecule has 2 aromatic carbocycles. The molecule has 1 N–H and O–H groups in total. The third-order valence-electron chi connectivity index (χ3n) is 5.25. The Kier molecular flexibility index (Phi) is 8.59. The van der Waals surface area contributed by atoms with Gasteiger partial charge in [0.05, 0.1) is 29.4 Å². The molecule has 1 unspecified atom stereocenters. The lowest BCUT2D eigenvalue weighted by atomic mass is 9.95. The minimum Gasteiger partial charge on any atom is -0.463 e. The summed E-state index contributed by atoms with van der Waals surface area (Å²) in [5.41, 5.74) is 1.03. The third-order valence-corrected chi connectivity index (χ3v) is 6.28. The predicted octanol–water partition coefficient (Wildman–Crippen LogP) is 5.45. The molecule has 0 amide bonds. The fourth-order valence-electron chi connectivity index (χ4n) is 3.60. The van der Waals surface area contributed by atoms with E-state index in [4.69, 9.17) is 15.0 Å². The molecule has 35 heavy (non-hydrogen) atoms. The number of aliphatic imine (C=N–C) groups is 1. The summed E-state index contributed by atoms with van der Waals surface area (Å²) in [7, 11) is 0. The van der Waals surface area contributed by atoms with E-state index in [1.165, 1.54) is 28.8 Å². The van der Waals surface area contributed by atoms with Gasteiger partial charge in [-0.25, -0.2) is 9.79 Å². The summed E-state index contributed by atoms with van der Waals surface area (Å²) in [6.07, 6.45) is -4.09. The van der Waals surface area contributed by atoms with Crippen molar-refractivity contribution in [3.8, 4) is 6.07 Å². The van der Waals surface area contributed by atoms with Crippen molar-refractivity contribution in [2.24, 2.45) is 4.99 Å². The van der Waals surface area contributed by atoms with Crippen LogP contribution >= 0.6 is 11.8 Å². The zero-order valence-corrected chi connectivity index (χ0v) is 20.0. The van der Waals surface area contributed by atoms with Gasteiger partial charge in [0.15, 0.2) is 5.17 Å². The number of nitriles is 1. The first-order chi connectivity index (χ1) is 16.7. The second-order valence-electron chi connectivity index (χ2n) is 7.58. The number of carbonyl (C=O) groups is 1. The van der Waals surface area contributed by atoms with Crippen LogP contribution in [-0.4, -0.2) is 35.2 Å². The van der Waals surface area contributed by atoms with Crippen LogP contribution in [0.15, 0.2) is 64.8 Å². The summed E-state index contributed by atoms with van der Waals surface area (Å²) in [6, 6.07) is 12.7. The van der Waals surface area contributed by atoms with E-state index in [1.807, 2.05) is 6.07 Å². The topological polar surface area (TPSA) is 85.9 Å². The average molecular weight is 504 g/mol. The number of hydrogen-bond acceptors (Lipinski definition) is 7. The van der Waals surface area contributed by atoms with E-state index in [9.17, 15) is 23.1 Å². The van der Waals surface area contributed by atoms with Crippen LogP contribution in [0.5, 0.6) is 0 Å². The van der Waals surface area contributed by atoms with E-state index in [0.717, 1.165) is 12.1 Å². The van der Waals surface area contributed by atoms with Gasteiger partial charge in [-0.15, -0.1) is 0 Å². The Morgan fingerprint density at radius 3 is 2.57 bits per heavy atom. The van der Waals surface area contributed by atoms with Crippen LogP contribution in [-0.2, 0) is 15.7 Å². The predicted molar refractivity (Wildman–Crippen MR) is 129 cm³/mol. The minimum atomic E-state index is -4.54. The first kappa shape index (κ1) is 26.3. The van der Waals surface area contributed by atoms with Gasteiger partial charge in [0, 0.05) is 23.7 Å². The number of carbonyl (C=O) groups excluding carboxylic acids is 1. The Labute approximate surface area is 205 Å². The molecule has 1 aliphatic heterocycles. The second kappa shape index (κ2) is 11.4. The molecular formula is C25H24F3N3O3S. The van der Waals surface area contributed by atoms with E-state index >= 15 is 0 Å². The van der Waals surface area contributed by atoms with Crippen LogP contribution in [0.4, 0.5) is 18.9 Å². The van der Waals surface area contributed by atoms with Crippen molar-refractivity contribution in [1.29, 1.82) is 5.26 Å². The van der Waals surface area contributed by atoms with Gasteiger partial charge in [0.1, 0.15) is 6.04 Å². The average Bonchev–Trinajstić information content (AvgIpc) is 2.83. The molecule has 1 atom stereocenters. The molecule has 0 radical (unpaired) electrons. The summed E-state index contributed by atoms with van der Waals surface area (Å²) < 4.78 is 45.6. The van der Waals surface area contributed by atoms with Crippen LogP contribution in [0.1, 0.15) is 43.0 Å². The lowest BCUT2D eigenvalue weighted by molar-refractivity contribution is -0.139. The third kappa shape index (κ3) is 6.05. The van der Waals surface area contributed by atoms with Crippen molar-refractivity contribution in [2.75, 3.05) is 23.9 Å². The molecule has 0 aliphatic carbocycles. The monoisotopic (exact) mass is 503 g/mol. The van der Waals surface area contributed by atoms with Gasteiger partial charge in [0.2, 0.25) is 0 Å². The molecule has 184 valence electrons. The van der Waals surface area contributed by atoms with E-state index in [-0.39, 0.29) is 24.5 Å². The van der Waals surface area contributed by atoms with E-state index < -0.39 is 23.8 Å². The molecule has 0 spiro atoms. The first-order valence-corrected chi connectivity index (χ1v) is 11.9. The van der Waals surface area contributed by atoms with Gasteiger partial charge < -0.3 is 9.84 Å². The number of rotatable bonds is 7. The standard InChI is InChI=1S/C25H24F3N3O3S/c1-3-34-23(33)21-16(2)31(20-7-4-6-19(14-20)25(26,27)28)24(35-13-5-12-32)30-22(21)18-10-8-17(15-29)9-11-18/h4,6-11,14,22,32H,3,5,12-13H2,1-2H3. The molecule has 0 saturated heterocycles. The number of nitrogens with zero attached hydrogens (tertiary/aromatic N) is 3. The maximum Gasteiger partial charge on any atom is 0.416 e. The van der Waals surface area contributed by atoms with Gasteiger partial charge in [-0.3, -0.25) is 4.90 Å². The zero-order valence-electron chi connectivity index (χ0n) is 19.2. The van der Waals surface area contributed by atoms with Crippen LogP contribution in [0.2, 0.25) is 0 Å². The highest BCUT2D eigenvalue weighted by Crippen LogP contribution is 2.40. The number of esters is 1. The fraction of sp³-hybridized carbons (Fsp3) is 0.320. The van der Waals surface area contributed by atoms with Crippen molar-refractivity contribution in [3.05, 3.63) is 76.5 Å². The molecule has 0 saturated carbocycles. The Balaban J connectivity index is 2.19. The SMILES string of the molecule is CCOC(=O)C1=C(C)N(c2cccc(C(F)(F)F)c2)C(SCCCO)=NC1c1ccc(C#N)cc1. The number of benzene rings is 2. The zero-order chi connectivity index (χ0) is 25.6. The summed E-state index contributed by atoms with van der Waals surface area (Å²) >= 11 is 1.27. The van der Waals surface area contributed by atoms with Gasteiger partial charge in [-0.1, -0.05) is 30.0 Å². The summed E-state index contributed by atoms with van der Waals surface area (Å²) in [6.45, 7) is 3.37. The van der Waals surface area contributed by atoms with Gasteiger partial charge >= 0.3 is 12.1 Å². The molecular weight excluding hydrogens is 479 g/mol. The maximum absolute atomic E-state index is 13.4.